The lowest BCUT2D eigenvalue weighted by Crippen LogP contribution is -2.28. The molecule has 0 bridgehead atoms. The lowest BCUT2D eigenvalue weighted by molar-refractivity contribution is 0.114. The molecule has 1 aromatic heterocycles. The molecule has 108 valence electrons. The Morgan fingerprint density at radius 2 is 1.89 bits per heavy atom. The highest BCUT2D eigenvalue weighted by Gasteiger charge is 2.16. The van der Waals surface area contributed by atoms with Crippen LogP contribution >= 0.6 is 0 Å². The molecule has 0 radical (unpaired) electrons. The molecular weight excluding hydrogens is 246 g/mol. The quantitative estimate of drug-likeness (QED) is 0.648. The predicted octanol–water partition coefficient (Wildman–Crippen LogP) is 1.06. The second kappa shape index (κ2) is 7.73. The second-order valence-electron chi connectivity index (χ2n) is 4.26. The monoisotopic (exact) mass is 269 g/mol. The summed E-state index contributed by atoms with van der Waals surface area (Å²) in [6.07, 6.45) is 1.43. The van der Waals surface area contributed by atoms with E-state index in [2.05, 4.69) is 34.1 Å². The molecular formula is C12H23N5O2. The molecule has 0 aromatic carbocycles. The number of rotatable bonds is 8. The lowest BCUT2D eigenvalue weighted by atomic mass is 9.97. The van der Waals surface area contributed by atoms with Gasteiger partial charge in [0, 0.05) is 6.54 Å². The van der Waals surface area contributed by atoms with Crippen LogP contribution in [0, 0.1) is 5.92 Å². The Bertz CT molecular complexity index is 384. The molecule has 7 heteroatoms. The summed E-state index contributed by atoms with van der Waals surface area (Å²) in [7, 11) is 0. The zero-order valence-corrected chi connectivity index (χ0v) is 11.8. The van der Waals surface area contributed by atoms with Gasteiger partial charge >= 0.3 is 6.01 Å². The number of nitrogens with zero attached hydrogens (tertiary/aromatic N) is 3. The zero-order valence-electron chi connectivity index (χ0n) is 11.8. The van der Waals surface area contributed by atoms with Gasteiger partial charge in [0.25, 0.3) is 0 Å². The number of nitrogens with one attached hydrogen (secondary N) is 1. The smallest absolute Gasteiger partial charge is 0.323 e. The van der Waals surface area contributed by atoms with Crippen molar-refractivity contribution in [3.05, 3.63) is 0 Å². The van der Waals surface area contributed by atoms with Crippen LogP contribution in [-0.4, -0.2) is 39.3 Å². The van der Waals surface area contributed by atoms with Crippen molar-refractivity contribution >= 4 is 11.9 Å². The van der Waals surface area contributed by atoms with E-state index in [1.54, 1.807) is 0 Å². The number of nitrogens with two attached hydrogens (primary N) is 1. The van der Waals surface area contributed by atoms with Gasteiger partial charge in [-0.2, -0.15) is 15.0 Å². The molecule has 1 heterocycles. The minimum absolute atomic E-state index is 0.0953. The minimum Gasteiger partial charge on any atom is -0.464 e. The summed E-state index contributed by atoms with van der Waals surface area (Å²) in [5.74, 6) is 0.678. The Balaban J connectivity index is 2.61. The first-order valence-electron chi connectivity index (χ1n) is 6.66. The van der Waals surface area contributed by atoms with E-state index in [4.69, 9.17) is 10.5 Å². The van der Waals surface area contributed by atoms with Crippen LogP contribution in [0.1, 0.15) is 33.6 Å². The SMILES string of the molecule is CCOc1nc(N)nc(NCC(O)C(CC)CC)n1. The van der Waals surface area contributed by atoms with Crippen molar-refractivity contribution < 1.29 is 9.84 Å². The molecule has 0 saturated carbocycles. The van der Waals surface area contributed by atoms with Crippen LogP contribution in [0.25, 0.3) is 0 Å². The van der Waals surface area contributed by atoms with Gasteiger partial charge < -0.3 is 20.9 Å². The Kier molecular flexibility index (Phi) is 6.27. The van der Waals surface area contributed by atoms with Gasteiger partial charge in [-0.1, -0.05) is 26.7 Å². The summed E-state index contributed by atoms with van der Waals surface area (Å²) in [5.41, 5.74) is 5.56. The van der Waals surface area contributed by atoms with E-state index in [0.29, 0.717) is 19.1 Å². The van der Waals surface area contributed by atoms with Crippen molar-refractivity contribution in [3.8, 4) is 6.01 Å². The predicted molar refractivity (Wildman–Crippen MR) is 74.0 cm³/mol. The summed E-state index contributed by atoms with van der Waals surface area (Å²) in [4.78, 5) is 11.9. The first-order valence-corrected chi connectivity index (χ1v) is 6.66. The lowest BCUT2D eigenvalue weighted by Gasteiger charge is -2.20. The largest absolute Gasteiger partial charge is 0.464 e. The maximum absolute atomic E-state index is 10.0. The Morgan fingerprint density at radius 1 is 1.21 bits per heavy atom. The van der Waals surface area contributed by atoms with Gasteiger partial charge in [-0.15, -0.1) is 0 Å². The van der Waals surface area contributed by atoms with Crippen molar-refractivity contribution in [1.29, 1.82) is 0 Å². The summed E-state index contributed by atoms with van der Waals surface area (Å²) in [6, 6.07) is 0.189. The van der Waals surface area contributed by atoms with Crippen LogP contribution in [0.15, 0.2) is 0 Å². The molecule has 1 unspecified atom stereocenters. The summed E-state index contributed by atoms with van der Waals surface area (Å²) < 4.78 is 5.18. The van der Waals surface area contributed by atoms with Crippen LogP contribution in [0.5, 0.6) is 6.01 Å². The molecule has 0 fully saturated rings. The summed E-state index contributed by atoms with van der Waals surface area (Å²) in [5, 5.41) is 13.0. The molecule has 0 spiro atoms. The third-order valence-electron chi connectivity index (χ3n) is 2.97. The van der Waals surface area contributed by atoms with Crippen molar-refractivity contribution in [2.75, 3.05) is 24.2 Å². The molecule has 1 rings (SSSR count). The molecule has 7 nitrogen and oxygen atoms in total. The number of hydrogen-bond acceptors (Lipinski definition) is 7. The normalized spacial score (nSPS) is 12.5. The number of hydrogen-bond donors (Lipinski definition) is 3. The number of anilines is 2. The third kappa shape index (κ3) is 4.86. The third-order valence-corrected chi connectivity index (χ3v) is 2.97. The van der Waals surface area contributed by atoms with Crippen molar-refractivity contribution in [3.63, 3.8) is 0 Å². The standard InChI is InChI=1S/C12H23N5O2/c1-4-8(5-2)9(18)7-14-11-15-10(13)16-12(17-11)19-6-3/h8-9,18H,4-7H2,1-3H3,(H3,13,14,15,16,17). The highest BCUT2D eigenvalue weighted by molar-refractivity contribution is 5.32. The van der Waals surface area contributed by atoms with E-state index >= 15 is 0 Å². The second-order valence-corrected chi connectivity index (χ2v) is 4.26. The molecule has 1 atom stereocenters. The fourth-order valence-corrected chi connectivity index (χ4v) is 1.84. The van der Waals surface area contributed by atoms with Gasteiger partial charge in [-0.25, -0.2) is 0 Å². The summed E-state index contributed by atoms with van der Waals surface area (Å²) in [6.45, 7) is 6.79. The number of nitrogen functional groups attached to an aromatic ring is 1. The highest BCUT2D eigenvalue weighted by Crippen LogP contribution is 2.14. The average Bonchev–Trinajstić information content (AvgIpc) is 2.37. The van der Waals surface area contributed by atoms with Gasteiger partial charge in [-0.3, -0.25) is 0 Å². The Hall–Kier alpha value is -1.63. The molecule has 19 heavy (non-hydrogen) atoms. The first-order chi connectivity index (χ1) is 9.10. The van der Waals surface area contributed by atoms with Crippen molar-refractivity contribution in [2.24, 2.45) is 5.92 Å². The van der Waals surface area contributed by atoms with Gasteiger partial charge in [0.15, 0.2) is 0 Å². The molecule has 1 aromatic rings. The number of aliphatic hydroxyl groups is 1. The van der Waals surface area contributed by atoms with E-state index < -0.39 is 6.10 Å². The topological polar surface area (TPSA) is 106 Å². The van der Waals surface area contributed by atoms with E-state index in [0.717, 1.165) is 12.8 Å². The maximum atomic E-state index is 10.0. The fraction of sp³-hybridized carbons (Fsp3) is 0.750. The summed E-state index contributed by atoms with van der Waals surface area (Å²) >= 11 is 0. The Labute approximate surface area is 113 Å². The minimum atomic E-state index is -0.441. The number of aliphatic hydroxyl groups excluding tert-OH is 1. The van der Waals surface area contributed by atoms with E-state index in [9.17, 15) is 5.11 Å². The van der Waals surface area contributed by atoms with Crippen LogP contribution in [0.2, 0.25) is 0 Å². The van der Waals surface area contributed by atoms with Crippen LogP contribution < -0.4 is 15.8 Å². The molecule has 0 aliphatic carbocycles. The molecule has 0 aliphatic rings. The highest BCUT2D eigenvalue weighted by atomic mass is 16.5. The molecule has 4 N–H and O–H groups in total. The van der Waals surface area contributed by atoms with Crippen molar-refractivity contribution in [2.45, 2.75) is 39.7 Å². The maximum Gasteiger partial charge on any atom is 0.323 e. The van der Waals surface area contributed by atoms with E-state index in [-0.39, 0.29) is 17.9 Å². The number of ether oxygens (including phenoxy) is 1. The van der Waals surface area contributed by atoms with Gasteiger partial charge in [0.2, 0.25) is 11.9 Å². The van der Waals surface area contributed by atoms with Crippen LogP contribution in [0.3, 0.4) is 0 Å². The average molecular weight is 269 g/mol. The zero-order chi connectivity index (χ0) is 14.3. The molecule has 0 aliphatic heterocycles. The fourth-order valence-electron chi connectivity index (χ4n) is 1.84. The first kappa shape index (κ1) is 15.4. The Morgan fingerprint density at radius 3 is 2.47 bits per heavy atom. The van der Waals surface area contributed by atoms with Gasteiger partial charge in [0.1, 0.15) is 0 Å². The van der Waals surface area contributed by atoms with Crippen LogP contribution in [-0.2, 0) is 0 Å². The van der Waals surface area contributed by atoms with E-state index in [1.807, 2.05) is 6.92 Å². The van der Waals surface area contributed by atoms with Gasteiger partial charge in [-0.05, 0) is 12.8 Å². The van der Waals surface area contributed by atoms with Crippen LogP contribution in [0.4, 0.5) is 11.9 Å². The van der Waals surface area contributed by atoms with Crippen molar-refractivity contribution in [1.82, 2.24) is 15.0 Å². The molecule has 0 amide bonds. The van der Waals surface area contributed by atoms with Gasteiger partial charge in [0.05, 0.1) is 12.7 Å². The van der Waals surface area contributed by atoms with E-state index in [1.165, 1.54) is 0 Å². The molecule has 0 saturated heterocycles. The number of aromatic nitrogens is 3.